The molecule has 5 heteroatoms. The third-order valence-corrected chi connectivity index (χ3v) is 3.01. The molecule has 0 heterocycles. The summed E-state index contributed by atoms with van der Waals surface area (Å²) in [7, 11) is 0. The van der Waals surface area contributed by atoms with Gasteiger partial charge < -0.3 is 9.47 Å². The molecule has 0 radical (unpaired) electrons. The van der Waals surface area contributed by atoms with Crippen LogP contribution in [0.15, 0.2) is 18.2 Å². The molecular formula is C14H17ClO4. The number of rotatable bonds is 6. The van der Waals surface area contributed by atoms with E-state index in [1.165, 1.54) is 6.92 Å². The van der Waals surface area contributed by atoms with Crippen LogP contribution in [0.5, 0.6) is 5.75 Å². The minimum Gasteiger partial charge on any atom is -0.493 e. The Morgan fingerprint density at radius 2 is 1.95 bits per heavy atom. The molecule has 0 fully saturated rings. The number of benzene rings is 1. The van der Waals surface area contributed by atoms with E-state index in [1.807, 2.05) is 6.92 Å². The Kier molecular flexibility index (Phi) is 5.83. The summed E-state index contributed by atoms with van der Waals surface area (Å²) < 4.78 is 10.3. The molecule has 0 amide bonds. The number of alkyl halides is 1. The van der Waals surface area contributed by atoms with Crippen molar-refractivity contribution in [1.82, 2.24) is 0 Å². The van der Waals surface area contributed by atoms with Crippen molar-refractivity contribution in [2.75, 3.05) is 13.2 Å². The Balaban J connectivity index is 3.17. The second-order valence-corrected chi connectivity index (χ2v) is 4.32. The van der Waals surface area contributed by atoms with Gasteiger partial charge in [-0.3, -0.25) is 4.79 Å². The van der Waals surface area contributed by atoms with E-state index < -0.39 is 11.3 Å². The summed E-state index contributed by atoms with van der Waals surface area (Å²) >= 11 is 5.98. The van der Waals surface area contributed by atoms with E-state index >= 15 is 0 Å². The van der Waals surface area contributed by atoms with E-state index in [-0.39, 0.29) is 18.0 Å². The average Bonchev–Trinajstić information content (AvgIpc) is 2.38. The quantitative estimate of drug-likeness (QED) is 0.595. The SMILES string of the molecule is CCOC(=O)c1cc(C(Cl)C(C)=O)ccc1OCC. The van der Waals surface area contributed by atoms with Crippen LogP contribution in [0.3, 0.4) is 0 Å². The highest BCUT2D eigenvalue weighted by molar-refractivity contribution is 6.30. The summed E-state index contributed by atoms with van der Waals surface area (Å²) in [6.07, 6.45) is 0. The van der Waals surface area contributed by atoms with Gasteiger partial charge in [-0.25, -0.2) is 4.79 Å². The highest BCUT2D eigenvalue weighted by atomic mass is 35.5. The topological polar surface area (TPSA) is 52.6 Å². The Morgan fingerprint density at radius 3 is 2.47 bits per heavy atom. The van der Waals surface area contributed by atoms with E-state index in [1.54, 1.807) is 25.1 Å². The van der Waals surface area contributed by atoms with Crippen molar-refractivity contribution in [1.29, 1.82) is 0 Å². The first kappa shape index (κ1) is 15.5. The monoisotopic (exact) mass is 284 g/mol. The fraction of sp³-hybridized carbons (Fsp3) is 0.429. The van der Waals surface area contributed by atoms with Crippen molar-refractivity contribution in [2.45, 2.75) is 26.1 Å². The zero-order valence-electron chi connectivity index (χ0n) is 11.2. The average molecular weight is 285 g/mol. The maximum Gasteiger partial charge on any atom is 0.341 e. The summed E-state index contributed by atoms with van der Waals surface area (Å²) in [6, 6.07) is 4.85. The van der Waals surface area contributed by atoms with Gasteiger partial charge in [-0.15, -0.1) is 11.6 Å². The van der Waals surface area contributed by atoms with Crippen molar-refractivity contribution in [2.24, 2.45) is 0 Å². The number of ether oxygens (including phenoxy) is 2. The first-order chi connectivity index (χ1) is 9.01. The van der Waals surface area contributed by atoms with Crippen LogP contribution in [-0.2, 0) is 9.53 Å². The molecular weight excluding hydrogens is 268 g/mol. The third kappa shape index (κ3) is 3.96. The highest BCUT2D eigenvalue weighted by Crippen LogP contribution is 2.28. The fourth-order valence-electron chi connectivity index (χ4n) is 1.59. The largest absolute Gasteiger partial charge is 0.493 e. The van der Waals surface area contributed by atoms with Crippen LogP contribution in [0.4, 0.5) is 0 Å². The Hall–Kier alpha value is -1.55. The lowest BCUT2D eigenvalue weighted by atomic mass is 10.0. The number of ketones is 1. The summed E-state index contributed by atoms with van der Waals surface area (Å²) in [4.78, 5) is 23.1. The van der Waals surface area contributed by atoms with Crippen molar-refractivity contribution >= 4 is 23.4 Å². The highest BCUT2D eigenvalue weighted by Gasteiger charge is 2.19. The van der Waals surface area contributed by atoms with Gasteiger partial charge in [0.15, 0.2) is 5.78 Å². The number of carbonyl (C=O) groups excluding carboxylic acids is 2. The molecule has 1 aromatic rings. The predicted molar refractivity (Wildman–Crippen MR) is 72.8 cm³/mol. The normalized spacial score (nSPS) is 11.8. The number of Topliss-reactive ketones (excluding diaryl/α,β-unsaturated/α-hetero) is 1. The number of hydrogen-bond acceptors (Lipinski definition) is 4. The van der Waals surface area contributed by atoms with Gasteiger partial charge in [0, 0.05) is 0 Å². The lowest BCUT2D eigenvalue weighted by Gasteiger charge is -2.13. The van der Waals surface area contributed by atoms with Gasteiger partial charge in [-0.1, -0.05) is 6.07 Å². The van der Waals surface area contributed by atoms with E-state index in [4.69, 9.17) is 21.1 Å². The summed E-state index contributed by atoms with van der Waals surface area (Å²) in [6.45, 7) is 5.65. The molecule has 0 aliphatic rings. The summed E-state index contributed by atoms with van der Waals surface area (Å²) in [5.41, 5.74) is 0.841. The van der Waals surface area contributed by atoms with Gasteiger partial charge >= 0.3 is 5.97 Å². The molecule has 0 spiro atoms. The molecule has 0 aliphatic heterocycles. The van der Waals surface area contributed by atoms with Crippen molar-refractivity contribution in [3.63, 3.8) is 0 Å². The summed E-state index contributed by atoms with van der Waals surface area (Å²) in [5.74, 6) is -0.238. The first-order valence-corrected chi connectivity index (χ1v) is 6.53. The molecule has 1 atom stereocenters. The minimum absolute atomic E-state index is 0.180. The molecule has 1 unspecified atom stereocenters. The predicted octanol–water partition coefficient (Wildman–Crippen LogP) is 3.13. The van der Waals surface area contributed by atoms with Crippen molar-refractivity contribution in [3.05, 3.63) is 29.3 Å². The fourth-order valence-corrected chi connectivity index (χ4v) is 1.73. The molecule has 4 nitrogen and oxygen atoms in total. The molecule has 1 rings (SSSR count). The molecule has 19 heavy (non-hydrogen) atoms. The molecule has 0 saturated heterocycles. The van der Waals surface area contributed by atoms with Gasteiger partial charge in [0.1, 0.15) is 16.7 Å². The number of halogens is 1. The van der Waals surface area contributed by atoms with Crippen LogP contribution in [0, 0.1) is 0 Å². The van der Waals surface area contributed by atoms with Gasteiger partial charge in [0.2, 0.25) is 0 Å². The zero-order chi connectivity index (χ0) is 14.4. The molecule has 1 aromatic carbocycles. The molecule has 0 aromatic heterocycles. The van der Waals surface area contributed by atoms with Gasteiger partial charge in [-0.05, 0) is 38.5 Å². The second-order valence-electron chi connectivity index (χ2n) is 3.88. The van der Waals surface area contributed by atoms with Crippen LogP contribution in [0.1, 0.15) is 42.1 Å². The molecule has 104 valence electrons. The number of esters is 1. The lowest BCUT2D eigenvalue weighted by molar-refractivity contribution is -0.116. The maximum atomic E-state index is 11.9. The van der Waals surface area contributed by atoms with Crippen molar-refractivity contribution in [3.8, 4) is 5.75 Å². The van der Waals surface area contributed by atoms with Gasteiger partial charge in [0.25, 0.3) is 0 Å². The Bertz CT molecular complexity index is 471. The first-order valence-electron chi connectivity index (χ1n) is 6.09. The lowest BCUT2D eigenvalue weighted by Crippen LogP contribution is -2.10. The van der Waals surface area contributed by atoms with E-state index in [0.717, 1.165) is 0 Å². The minimum atomic E-state index is -0.774. The van der Waals surface area contributed by atoms with Gasteiger partial charge in [0.05, 0.1) is 13.2 Å². The number of carbonyl (C=O) groups is 2. The van der Waals surface area contributed by atoms with Gasteiger partial charge in [-0.2, -0.15) is 0 Å². The number of hydrogen-bond donors (Lipinski definition) is 0. The third-order valence-electron chi connectivity index (χ3n) is 2.45. The van der Waals surface area contributed by atoms with Crippen LogP contribution < -0.4 is 4.74 Å². The van der Waals surface area contributed by atoms with Crippen LogP contribution in [0.25, 0.3) is 0 Å². The molecule has 0 aliphatic carbocycles. The molecule has 0 bridgehead atoms. The van der Waals surface area contributed by atoms with Crippen LogP contribution in [0.2, 0.25) is 0 Å². The molecule has 0 N–H and O–H groups in total. The Labute approximate surface area is 117 Å². The smallest absolute Gasteiger partial charge is 0.341 e. The standard InChI is InChI=1S/C14H17ClO4/c1-4-18-12-7-6-10(13(15)9(3)16)8-11(12)14(17)19-5-2/h6-8,13H,4-5H2,1-3H3. The van der Waals surface area contributed by atoms with Crippen molar-refractivity contribution < 1.29 is 19.1 Å². The van der Waals surface area contributed by atoms with E-state index in [2.05, 4.69) is 0 Å². The Morgan fingerprint density at radius 1 is 1.26 bits per heavy atom. The summed E-state index contributed by atoms with van der Waals surface area (Å²) in [5, 5.41) is -0.774. The van der Waals surface area contributed by atoms with Crippen LogP contribution >= 0.6 is 11.6 Å². The zero-order valence-corrected chi connectivity index (χ0v) is 12.0. The van der Waals surface area contributed by atoms with Crippen LogP contribution in [-0.4, -0.2) is 25.0 Å². The van der Waals surface area contributed by atoms with E-state index in [9.17, 15) is 9.59 Å². The maximum absolute atomic E-state index is 11.9. The molecule has 0 saturated carbocycles. The second kappa shape index (κ2) is 7.14. The van der Waals surface area contributed by atoms with E-state index in [0.29, 0.717) is 17.9 Å².